The van der Waals surface area contributed by atoms with E-state index in [0.29, 0.717) is 17.9 Å². The summed E-state index contributed by atoms with van der Waals surface area (Å²) < 4.78 is 29.7. The number of anilines is 2. The molecule has 1 unspecified atom stereocenters. The van der Waals surface area contributed by atoms with Gasteiger partial charge in [0, 0.05) is 24.2 Å². The van der Waals surface area contributed by atoms with Gasteiger partial charge in [-0.05, 0) is 56.2 Å². The number of ether oxygens (including phenoxy) is 1. The first-order chi connectivity index (χ1) is 14.4. The number of benzene rings is 2. The lowest BCUT2D eigenvalue weighted by Crippen LogP contribution is -2.51. The zero-order valence-corrected chi connectivity index (χ0v) is 20.5. The van der Waals surface area contributed by atoms with Gasteiger partial charge < -0.3 is 9.64 Å². The van der Waals surface area contributed by atoms with Crippen LogP contribution >= 0.6 is 15.9 Å². The Hall–Kier alpha value is -2.39. The fourth-order valence-corrected chi connectivity index (χ4v) is 4.85. The second-order valence-electron chi connectivity index (χ2n) is 7.90. The average Bonchev–Trinajstić information content (AvgIpc) is 2.65. The Kier molecular flexibility index (Phi) is 6.48. The lowest BCUT2D eigenvalue weighted by molar-refractivity contribution is -0.117. The van der Waals surface area contributed by atoms with Crippen molar-refractivity contribution in [2.45, 2.75) is 44.7 Å². The van der Waals surface area contributed by atoms with Crippen LogP contribution in [0, 0.1) is 0 Å². The van der Waals surface area contributed by atoms with E-state index in [2.05, 4.69) is 15.9 Å². The summed E-state index contributed by atoms with van der Waals surface area (Å²) in [5.74, 6) is -0.122. The lowest BCUT2D eigenvalue weighted by Gasteiger charge is -2.40. The van der Waals surface area contributed by atoms with E-state index in [0.717, 1.165) is 21.9 Å². The number of rotatable bonds is 3. The molecule has 1 heterocycles. The van der Waals surface area contributed by atoms with E-state index < -0.39 is 15.9 Å². The summed E-state index contributed by atoms with van der Waals surface area (Å²) in [5, 5.41) is 0. The van der Waals surface area contributed by atoms with Crippen LogP contribution in [0.1, 0.15) is 27.7 Å². The molecule has 2 aromatic carbocycles. The van der Waals surface area contributed by atoms with Gasteiger partial charge in [-0.2, -0.15) is 0 Å². The molecule has 2 amide bonds. The molecule has 1 aliphatic rings. The van der Waals surface area contributed by atoms with Crippen molar-refractivity contribution >= 4 is 49.1 Å². The summed E-state index contributed by atoms with van der Waals surface area (Å²) >= 11 is 3.57. The Morgan fingerprint density at radius 2 is 1.74 bits per heavy atom. The van der Waals surface area contributed by atoms with Crippen molar-refractivity contribution in [3.8, 4) is 11.1 Å². The fraction of sp³-hybridized carbons (Fsp3) is 0.364. The van der Waals surface area contributed by atoms with Crippen LogP contribution in [0.15, 0.2) is 45.8 Å². The first-order valence-corrected chi connectivity index (χ1v) is 12.5. The largest absolute Gasteiger partial charge is 0.446 e. The van der Waals surface area contributed by atoms with Crippen molar-refractivity contribution in [2.75, 3.05) is 22.6 Å². The van der Waals surface area contributed by atoms with Crippen molar-refractivity contribution in [1.82, 2.24) is 0 Å². The summed E-state index contributed by atoms with van der Waals surface area (Å²) in [7, 11) is -3.31. The number of carbonyl (C=O) groups is 2. The molecule has 0 aromatic heterocycles. The fourth-order valence-electron chi connectivity index (χ4n) is 3.66. The molecule has 1 aliphatic heterocycles. The van der Waals surface area contributed by atoms with Crippen molar-refractivity contribution in [3.63, 3.8) is 0 Å². The van der Waals surface area contributed by atoms with Gasteiger partial charge in [0.05, 0.1) is 28.4 Å². The molecule has 0 saturated carbocycles. The van der Waals surface area contributed by atoms with Crippen LogP contribution in [0.4, 0.5) is 16.2 Å². The van der Waals surface area contributed by atoms with Crippen molar-refractivity contribution in [2.24, 2.45) is 0 Å². The van der Waals surface area contributed by atoms with E-state index in [9.17, 15) is 18.0 Å². The highest BCUT2D eigenvalue weighted by molar-refractivity contribution is 9.10. The topological polar surface area (TPSA) is 84.0 Å². The molecule has 0 aliphatic carbocycles. The molecular formula is C22H25BrN2O5S. The molecule has 9 heteroatoms. The molecule has 1 atom stereocenters. The maximum atomic E-state index is 12.8. The predicted octanol–water partition coefficient (Wildman–Crippen LogP) is 4.63. The van der Waals surface area contributed by atoms with Crippen LogP contribution < -0.4 is 9.80 Å². The maximum Gasteiger partial charge on any atom is 0.414 e. The monoisotopic (exact) mass is 508 g/mol. The summed E-state index contributed by atoms with van der Waals surface area (Å²) in [6.45, 7) is 7.24. The zero-order valence-electron chi connectivity index (χ0n) is 18.0. The highest BCUT2D eigenvalue weighted by Crippen LogP contribution is 2.43. The van der Waals surface area contributed by atoms with Gasteiger partial charge in [0.15, 0.2) is 9.84 Å². The molecular weight excluding hydrogens is 484 g/mol. The van der Waals surface area contributed by atoms with Gasteiger partial charge >= 0.3 is 6.09 Å². The number of hydrogen-bond donors (Lipinski definition) is 0. The second-order valence-corrected chi connectivity index (χ2v) is 10.8. The van der Waals surface area contributed by atoms with Crippen molar-refractivity contribution in [1.29, 1.82) is 0 Å². The average molecular weight is 509 g/mol. The quantitative estimate of drug-likeness (QED) is 0.603. The van der Waals surface area contributed by atoms with Crippen LogP contribution in [0.25, 0.3) is 11.1 Å². The van der Waals surface area contributed by atoms with Crippen LogP contribution in [-0.2, 0) is 19.4 Å². The van der Waals surface area contributed by atoms with E-state index in [-0.39, 0.29) is 22.9 Å². The molecule has 3 rings (SSSR count). The van der Waals surface area contributed by atoms with Gasteiger partial charge in [0.1, 0.15) is 0 Å². The number of fused-ring (bicyclic) bond motifs is 1. The summed E-state index contributed by atoms with van der Waals surface area (Å²) in [5.41, 5.74) is 2.70. The molecule has 2 aromatic rings. The van der Waals surface area contributed by atoms with E-state index in [4.69, 9.17) is 4.74 Å². The van der Waals surface area contributed by atoms with Gasteiger partial charge in [0.25, 0.3) is 0 Å². The van der Waals surface area contributed by atoms with Crippen LogP contribution in [0.3, 0.4) is 0 Å². The second kappa shape index (κ2) is 8.63. The van der Waals surface area contributed by atoms with E-state index >= 15 is 0 Å². The third-order valence-corrected chi connectivity index (χ3v) is 6.78. The Bertz CT molecular complexity index is 1130. The third-order valence-electron chi connectivity index (χ3n) is 4.99. The Labute approximate surface area is 191 Å². The van der Waals surface area contributed by atoms with Gasteiger partial charge in [-0.25, -0.2) is 13.2 Å². The third kappa shape index (κ3) is 4.77. The summed E-state index contributed by atoms with van der Waals surface area (Å²) in [4.78, 5) is 28.6. The maximum absolute atomic E-state index is 12.8. The van der Waals surface area contributed by atoms with Crippen molar-refractivity contribution < 1.29 is 22.7 Å². The van der Waals surface area contributed by atoms with Crippen LogP contribution in [0.5, 0.6) is 0 Å². The zero-order chi connectivity index (χ0) is 23.1. The summed E-state index contributed by atoms with van der Waals surface area (Å²) in [6, 6.07) is 9.93. The molecule has 0 radical (unpaired) electrons. The number of nitrogens with zero attached hydrogens (tertiary/aromatic N) is 2. The highest BCUT2D eigenvalue weighted by atomic mass is 79.9. The van der Waals surface area contributed by atoms with E-state index in [1.54, 1.807) is 47.9 Å². The standard InChI is InChI=1S/C22H25BrN2O5S/c1-13(2)30-22(27)24-12-14(3)25(15(4)26)21-11-19(23)18(10-20(21)24)16-6-8-17(9-7-16)31(5,28)29/h6-11,13-14H,12H2,1-5H3. The molecule has 166 valence electrons. The van der Waals surface area contributed by atoms with Gasteiger partial charge in [-0.1, -0.05) is 28.1 Å². The smallest absolute Gasteiger partial charge is 0.414 e. The first-order valence-electron chi connectivity index (χ1n) is 9.82. The van der Waals surface area contributed by atoms with E-state index in [1.165, 1.54) is 6.92 Å². The minimum Gasteiger partial charge on any atom is -0.446 e. The normalized spacial score (nSPS) is 16.3. The number of carbonyl (C=O) groups excluding carboxylic acids is 2. The number of halogens is 1. The molecule has 0 bridgehead atoms. The van der Waals surface area contributed by atoms with E-state index in [1.807, 2.05) is 19.1 Å². The van der Waals surface area contributed by atoms with Gasteiger partial charge in [-0.15, -0.1) is 0 Å². The van der Waals surface area contributed by atoms with Crippen molar-refractivity contribution in [3.05, 3.63) is 40.9 Å². The molecule has 0 spiro atoms. The minimum atomic E-state index is -3.31. The molecule has 7 nitrogen and oxygen atoms in total. The molecule has 0 saturated heterocycles. The first kappa shape index (κ1) is 23.3. The van der Waals surface area contributed by atoms with Crippen LogP contribution in [-0.4, -0.2) is 45.4 Å². The lowest BCUT2D eigenvalue weighted by atomic mass is 10.0. The Morgan fingerprint density at radius 3 is 2.26 bits per heavy atom. The number of sulfone groups is 1. The minimum absolute atomic E-state index is 0.122. The highest BCUT2D eigenvalue weighted by Gasteiger charge is 2.35. The number of amides is 2. The Morgan fingerprint density at radius 1 is 1.13 bits per heavy atom. The Balaban J connectivity index is 2.15. The summed E-state index contributed by atoms with van der Waals surface area (Å²) in [6.07, 6.45) is 0.398. The molecule has 0 N–H and O–H groups in total. The SMILES string of the molecule is CC(=O)N1c2cc(Br)c(-c3ccc(S(C)(=O)=O)cc3)cc2N(C(=O)OC(C)C)CC1C. The molecule has 0 fully saturated rings. The van der Waals surface area contributed by atoms with Crippen LogP contribution in [0.2, 0.25) is 0 Å². The van der Waals surface area contributed by atoms with Gasteiger partial charge in [0.2, 0.25) is 5.91 Å². The predicted molar refractivity (Wildman–Crippen MR) is 124 cm³/mol. The number of hydrogen-bond acceptors (Lipinski definition) is 5. The van der Waals surface area contributed by atoms with Gasteiger partial charge in [-0.3, -0.25) is 9.69 Å². The molecule has 31 heavy (non-hydrogen) atoms.